The first-order valence-corrected chi connectivity index (χ1v) is 7.65. The second kappa shape index (κ2) is 7.69. The van der Waals surface area contributed by atoms with Gasteiger partial charge in [-0.3, -0.25) is 4.79 Å². The topological polar surface area (TPSA) is 64.5 Å². The number of carbonyl (C=O) groups excluding carboxylic acids is 1. The summed E-state index contributed by atoms with van der Waals surface area (Å²) in [5.74, 6) is 0.485. The molecule has 0 saturated carbocycles. The lowest BCUT2D eigenvalue weighted by atomic mass is 10.2. The number of aromatic nitrogens is 2. The Morgan fingerprint density at radius 3 is 2.87 bits per heavy atom. The van der Waals surface area contributed by atoms with E-state index in [1.807, 2.05) is 30.3 Å². The molecule has 1 aliphatic heterocycles. The van der Waals surface area contributed by atoms with Gasteiger partial charge in [-0.25, -0.2) is 0 Å². The normalized spacial score (nSPS) is 17.2. The highest BCUT2D eigenvalue weighted by Crippen LogP contribution is 2.16. The molecule has 23 heavy (non-hydrogen) atoms. The highest BCUT2D eigenvalue weighted by Gasteiger charge is 2.27. The van der Waals surface area contributed by atoms with Crippen LogP contribution in [0.25, 0.3) is 0 Å². The van der Waals surface area contributed by atoms with E-state index in [0.717, 1.165) is 12.0 Å². The molecule has 1 saturated heterocycles. The molecule has 3 rings (SSSR count). The average molecular weight is 313 g/mol. The average Bonchev–Trinajstić information content (AvgIpc) is 3.05. The molecule has 0 bridgehead atoms. The van der Waals surface area contributed by atoms with Crippen LogP contribution in [0.3, 0.4) is 0 Å². The fourth-order valence-electron chi connectivity index (χ4n) is 2.49. The zero-order valence-electron chi connectivity index (χ0n) is 12.8. The number of nitrogens with zero attached hydrogens (tertiary/aromatic N) is 3. The van der Waals surface area contributed by atoms with Crippen molar-refractivity contribution < 1.29 is 14.3 Å². The summed E-state index contributed by atoms with van der Waals surface area (Å²) in [5.41, 5.74) is 1.06. The molecule has 1 aromatic heterocycles. The molecule has 1 aromatic carbocycles. The van der Waals surface area contributed by atoms with E-state index in [4.69, 9.17) is 9.47 Å². The summed E-state index contributed by atoms with van der Waals surface area (Å²) in [4.78, 5) is 13.9. The van der Waals surface area contributed by atoms with Crippen LogP contribution in [-0.4, -0.2) is 46.8 Å². The van der Waals surface area contributed by atoms with Crippen molar-refractivity contribution in [3.63, 3.8) is 0 Å². The lowest BCUT2D eigenvalue weighted by Crippen LogP contribution is -2.33. The van der Waals surface area contributed by atoms with Crippen molar-refractivity contribution in [1.82, 2.24) is 15.1 Å². The van der Waals surface area contributed by atoms with Gasteiger partial charge in [0.15, 0.2) is 0 Å². The van der Waals surface area contributed by atoms with E-state index in [-0.39, 0.29) is 18.6 Å². The predicted molar refractivity (Wildman–Crippen MR) is 83.7 cm³/mol. The fourth-order valence-corrected chi connectivity index (χ4v) is 2.49. The highest BCUT2D eigenvalue weighted by molar-refractivity contribution is 5.77. The van der Waals surface area contributed by atoms with E-state index < -0.39 is 0 Å². The van der Waals surface area contributed by atoms with E-state index in [1.54, 1.807) is 23.2 Å². The van der Waals surface area contributed by atoms with Gasteiger partial charge < -0.3 is 14.4 Å². The van der Waals surface area contributed by atoms with Gasteiger partial charge in [-0.1, -0.05) is 30.3 Å². The van der Waals surface area contributed by atoms with Gasteiger partial charge in [-0.2, -0.15) is 5.10 Å². The molecule has 6 nitrogen and oxygen atoms in total. The van der Waals surface area contributed by atoms with Crippen molar-refractivity contribution in [3.05, 3.63) is 54.2 Å². The third-order valence-electron chi connectivity index (χ3n) is 3.67. The summed E-state index contributed by atoms with van der Waals surface area (Å²) in [6.45, 7) is 1.77. The number of rotatable bonds is 6. The van der Waals surface area contributed by atoms with Crippen molar-refractivity contribution in [2.24, 2.45) is 0 Å². The van der Waals surface area contributed by atoms with Crippen LogP contribution in [0.5, 0.6) is 5.88 Å². The molecule has 0 radical (unpaired) electrons. The van der Waals surface area contributed by atoms with Crippen LogP contribution >= 0.6 is 0 Å². The minimum atomic E-state index is -0.0372. The molecule has 1 amide bonds. The van der Waals surface area contributed by atoms with Gasteiger partial charge in [0.25, 0.3) is 0 Å². The first-order chi connectivity index (χ1) is 11.3. The predicted octanol–water partition coefficient (Wildman–Crippen LogP) is 1.67. The van der Waals surface area contributed by atoms with Crippen LogP contribution in [0.2, 0.25) is 0 Å². The van der Waals surface area contributed by atoms with Crippen LogP contribution in [-0.2, 0) is 16.1 Å². The monoisotopic (exact) mass is 313 g/mol. The van der Waals surface area contributed by atoms with Gasteiger partial charge >= 0.3 is 0 Å². The molecule has 2 aromatic rings. The number of amides is 1. The Bertz CT molecular complexity index is 621. The molecule has 1 unspecified atom stereocenters. The Morgan fingerprint density at radius 2 is 2.09 bits per heavy atom. The van der Waals surface area contributed by atoms with Gasteiger partial charge in [-0.15, -0.1) is 5.10 Å². The minimum absolute atomic E-state index is 0.00817. The van der Waals surface area contributed by atoms with Crippen LogP contribution in [0.15, 0.2) is 48.7 Å². The van der Waals surface area contributed by atoms with Gasteiger partial charge in [0.2, 0.25) is 11.8 Å². The molecule has 0 spiro atoms. The number of hydrogen-bond acceptors (Lipinski definition) is 5. The van der Waals surface area contributed by atoms with E-state index in [2.05, 4.69) is 10.2 Å². The lowest BCUT2D eigenvalue weighted by molar-refractivity contribution is -0.135. The molecule has 1 aliphatic rings. The Labute approximate surface area is 135 Å². The zero-order valence-corrected chi connectivity index (χ0v) is 12.8. The molecule has 1 fully saturated rings. The van der Waals surface area contributed by atoms with Crippen LogP contribution in [0.4, 0.5) is 0 Å². The number of ether oxygens (including phenoxy) is 2. The fraction of sp³-hybridized carbons (Fsp3) is 0.353. The molecular weight excluding hydrogens is 294 g/mol. The molecule has 2 heterocycles. The van der Waals surface area contributed by atoms with E-state index >= 15 is 0 Å². The largest absolute Gasteiger partial charge is 0.471 e. The van der Waals surface area contributed by atoms with E-state index in [0.29, 0.717) is 25.6 Å². The molecule has 1 atom stereocenters. The van der Waals surface area contributed by atoms with Crippen molar-refractivity contribution in [2.45, 2.75) is 19.1 Å². The summed E-state index contributed by atoms with van der Waals surface area (Å²) in [5, 5.41) is 7.67. The molecule has 0 aliphatic carbocycles. The summed E-state index contributed by atoms with van der Waals surface area (Å²) >= 11 is 0. The first kappa shape index (κ1) is 15.4. The minimum Gasteiger partial charge on any atom is -0.471 e. The first-order valence-electron chi connectivity index (χ1n) is 7.65. The second-order valence-electron chi connectivity index (χ2n) is 5.41. The standard InChI is InChI=1S/C17H19N3O3/c21-17(13-22-12-14-5-2-1-3-6-14)20-10-8-15(11-20)23-16-7-4-9-18-19-16/h1-7,9,15H,8,10-13H2. The maximum atomic E-state index is 12.2. The smallest absolute Gasteiger partial charge is 0.248 e. The summed E-state index contributed by atoms with van der Waals surface area (Å²) in [7, 11) is 0. The Balaban J connectivity index is 1.41. The Hall–Kier alpha value is -2.47. The molecule has 120 valence electrons. The number of benzene rings is 1. The quantitative estimate of drug-likeness (QED) is 0.812. The van der Waals surface area contributed by atoms with Crippen molar-refractivity contribution in [2.75, 3.05) is 19.7 Å². The molecular formula is C17H19N3O3. The Morgan fingerprint density at radius 1 is 1.22 bits per heavy atom. The highest BCUT2D eigenvalue weighted by atomic mass is 16.5. The zero-order chi connectivity index (χ0) is 15.9. The van der Waals surface area contributed by atoms with Crippen molar-refractivity contribution >= 4 is 5.91 Å². The summed E-state index contributed by atoms with van der Waals surface area (Å²) in [6.07, 6.45) is 2.35. The lowest BCUT2D eigenvalue weighted by Gasteiger charge is -2.16. The van der Waals surface area contributed by atoms with Crippen LogP contribution < -0.4 is 4.74 Å². The van der Waals surface area contributed by atoms with Crippen LogP contribution in [0, 0.1) is 0 Å². The van der Waals surface area contributed by atoms with Gasteiger partial charge in [0.05, 0.1) is 13.2 Å². The maximum absolute atomic E-state index is 12.2. The number of hydrogen-bond donors (Lipinski definition) is 0. The summed E-state index contributed by atoms with van der Waals surface area (Å²) in [6, 6.07) is 13.4. The van der Waals surface area contributed by atoms with Gasteiger partial charge in [0.1, 0.15) is 12.7 Å². The maximum Gasteiger partial charge on any atom is 0.248 e. The molecule has 6 heteroatoms. The number of likely N-dealkylation sites (tertiary alicyclic amines) is 1. The van der Waals surface area contributed by atoms with Gasteiger partial charge in [-0.05, 0) is 11.6 Å². The SMILES string of the molecule is O=C(COCc1ccccc1)N1CCC(Oc2cccnn2)C1. The van der Waals surface area contributed by atoms with Crippen molar-refractivity contribution in [3.8, 4) is 5.88 Å². The third-order valence-corrected chi connectivity index (χ3v) is 3.67. The van der Waals surface area contributed by atoms with Crippen molar-refractivity contribution in [1.29, 1.82) is 0 Å². The third kappa shape index (κ3) is 4.50. The van der Waals surface area contributed by atoms with E-state index in [1.165, 1.54) is 0 Å². The summed E-state index contributed by atoms with van der Waals surface area (Å²) < 4.78 is 11.2. The number of carbonyl (C=O) groups is 1. The van der Waals surface area contributed by atoms with Crippen LogP contribution in [0.1, 0.15) is 12.0 Å². The Kier molecular flexibility index (Phi) is 5.16. The molecule has 0 N–H and O–H groups in total. The van der Waals surface area contributed by atoms with E-state index in [9.17, 15) is 4.79 Å². The second-order valence-corrected chi connectivity index (χ2v) is 5.41. The van der Waals surface area contributed by atoms with Gasteiger partial charge in [0, 0.05) is 25.2 Å².